The first-order valence-electron chi connectivity index (χ1n) is 4.86. The number of carbonyl (C=O) groups is 1. The fourth-order valence-electron chi connectivity index (χ4n) is 1.58. The zero-order valence-electron chi connectivity index (χ0n) is 9.22. The summed E-state index contributed by atoms with van der Waals surface area (Å²) < 4.78 is 6.07. The lowest BCUT2D eigenvalue weighted by Crippen LogP contribution is -2.29. The van der Waals surface area contributed by atoms with Crippen LogP contribution in [-0.4, -0.2) is 22.6 Å². The Morgan fingerprint density at radius 1 is 1.65 bits per heavy atom. The molecule has 0 aliphatic heterocycles. The maximum atomic E-state index is 12.1. The number of aromatic amines is 1. The summed E-state index contributed by atoms with van der Waals surface area (Å²) in [4.78, 5) is 27.2. The molecule has 0 aromatic carbocycles. The number of methoxy groups -OCH3 is 1. The van der Waals surface area contributed by atoms with Gasteiger partial charge in [0.2, 0.25) is 0 Å². The van der Waals surface area contributed by atoms with Gasteiger partial charge < -0.3 is 9.72 Å². The van der Waals surface area contributed by atoms with E-state index < -0.39 is 12.0 Å². The zero-order chi connectivity index (χ0) is 12.6. The zero-order valence-corrected chi connectivity index (χ0v) is 10.9. The van der Waals surface area contributed by atoms with E-state index in [0.717, 1.165) is 0 Å². The number of esters is 1. The Morgan fingerprint density at radius 2 is 2.35 bits per heavy atom. The van der Waals surface area contributed by atoms with Crippen LogP contribution in [0.25, 0.3) is 10.2 Å². The van der Waals surface area contributed by atoms with E-state index in [1.165, 1.54) is 23.0 Å². The van der Waals surface area contributed by atoms with Crippen molar-refractivity contribution in [1.82, 2.24) is 9.55 Å². The molecule has 2 rings (SSSR count). The summed E-state index contributed by atoms with van der Waals surface area (Å²) in [6, 6.07) is 0.967. The van der Waals surface area contributed by atoms with Gasteiger partial charge in [-0.3, -0.25) is 9.36 Å². The molecule has 90 valence electrons. The minimum absolute atomic E-state index is 0.225. The summed E-state index contributed by atoms with van der Waals surface area (Å²) >= 11 is 6.48. The Balaban J connectivity index is 2.73. The summed E-state index contributed by atoms with van der Waals surface area (Å²) in [6.45, 7) is 1.58. The summed E-state index contributed by atoms with van der Waals surface area (Å²) in [5.74, 6) is -0.499. The Bertz CT molecular complexity index is 683. The second-order valence-electron chi connectivity index (χ2n) is 3.47. The number of hydrogen-bond acceptors (Lipinski definition) is 5. The third-order valence-electron chi connectivity index (χ3n) is 2.48. The van der Waals surface area contributed by atoms with Crippen LogP contribution in [0.3, 0.4) is 0 Å². The van der Waals surface area contributed by atoms with E-state index in [1.807, 2.05) is 0 Å². The molecule has 0 aliphatic carbocycles. The Hall–Kier alpha value is -1.47. The SMILES string of the molecule is COC(=O)C(C)n1c(=S)[nH]c2sccc2c1=O. The predicted octanol–water partition coefficient (Wildman–Crippen LogP) is 1.85. The number of ether oxygens (including phenoxy) is 1. The lowest BCUT2D eigenvalue weighted by molar-refractivity contribution is -0.144. The highest BCUT2D eigenvalue weighted by atomic mass is 32.1. The topological polar surface area (TPSA) is 64.1 Å². The summed E-state index contributed by atoms with van der Waals surface area (Å²) in [7, 11) is 1.28. The van der Waals surface area contributed by atoms with Crippen molar-refractivity contribution in [3.63, 3.8) is 0 Å². The van der Waals surface area contributed by atoms with E-state index in [-0.39, 0.29) is 10.3 Å². The van der Waals surface area contributed by atoms with E-state index in [4.69, 9.17) is 12.2 Å². The van der Waals surface area contributed by atoms with Crippen molar-refractivity contribution in [2.45, 2.75) is 13.0 Å². The van der Waals surface area contributed by atoms with Gasteiger partial charge >= 0.3 is 5.97 Å². The number of fused-ring (bicyclic) bond motifs is 1. The van der Waals surface area contributed by atoms with E-state index in [9.17, 15) is 9.59 Å². The van der Waals surface area contributed by atoms with Crippen molar-refractivity contribution < 1.29 is 9.53 Å². The van der Waals surface area contributed by atoms with Crippen molar-refractivity contribution in [2.75, 3.05) is 7.11 Å². The largest absolute Gasteiger partial charge is 0.467 e. The molecule has 0 spiro atoms. The van der Waals surface area contributed by atoms with E-state index in [0.29, 0.717) is 10.2 Å². The van der Waals surface area contributed by atoms with Gasteiger partial charge in [0.25, 0.3) is 5.56 Å². The van der Waals surface area contributed by atoms with Gasteiger partial charge in [-0.2, -0.15) is 0 Å². The van der Waals surface area contributed by atoms with Gasteiger partial charge in [0.15, 0.2) is 4.77 Å². The summed E-state index contributed by atoms with van der Waals surface area (Å²) in [6.07, 6.45) is 0. The fraction of sp³-hybridized carbons (Fsp3) is 0.300. The van der Waals surface area contributed by atoms with Crippen LogP contribution < -0.4 is 5.56 Å². The van der Waals surface area contributed by atoms with Gasteiger partial charge in [-0.1, -0.05) is 0 Å². The van der Waals surface area contributed by atoms with E-state index in [2.05, 4.69) is 9.72 Å². The number of thiophene rings is 1. The Labute approximate surface area is 106 Å². The van der Waals surface area contributed by atoms with Crippen LogP contribution >= 0.6 is 23.6 Å². The summed E-state index contributed by atoms with van der Waals surface area (Å²) in [5.41, 5.74) is -0.275. The molecule has 1 N–H and O–H groups in total. The average molecular weight is 270 g/mol. The van der Waals surface area contributed by atoms with Gasteiger partial charge in [0.05, 0.1) is 12.5 Å². The van der Waals surface area contributed by atoms with Gasteiger partial charge in [-0.05, 0) is 30.6 Å². The normalized spacial score (nSPS) is 12.6. The molecule has 0 fully saturated rings. The standard InChI is InChI=1S/C10H10N2O3S2/c1-5(9(14)15-2)12-8(13)6-3-4-17-7(6)11-10(12)16/h3-5H,1-2H3,(H,11,16). The molecule has 0 bridgehead atoms. The molecule has 2 heterocycles. The number of carbonyl (C=O) groups excluding carboxylic acids is 1. The predicted molar refractivity (Wildman–Crippen MR) is 68.0 cm³/mol. The quantitative estimate of drug-likeness (QED) is 0.668. The molecule has 0 saturated heterocycles. The van der Waals surface area contributed by atoms with Gasteiger partial charge in [0.1, 0.15) is 10.9 Å². The van der Waals surface area contributed by atoms with Crippen LogP contribution in [0.15, 0.2) is 16.2 Å². The molecular weight excluding hydrogens is 260 g/mol. The molecule has 0 saturated carbocycles. The highest BCUT2D eigenvalue weighted by Crippen LogP contribution is 2.16. The smallest absolute Gasteiger partial charge is 0.328 e. The molecule has 2 aromatic heterocycles. The number of nitrogens with zero attached hydrogens (tertiary/aromatic N) is 1. The molecule has 1 unspecified atom stereocenters. The monoisotopic (exact) mass is 270 g/mol. The van der Waals surface area contributed by atoms with Crippen LogP contribution in [0, 0.1) is 4.77 Å². The number of hydrogen-bond donors (Lipinski definition) is 1. The maximum absolute atomic E-state index is 12.1. The van der Waals surface area contributed by atoms with Crippen molar-refractivity contribution >= 4 is 39.7 Å². The number of rotatable bonds is 2. The molecular formula is C10H10N2O3S2. The summed E-state index contributed by atoms with van der Waals surface area (Å²) in [5, 5.41) is 2.32. The Kier molecular flexibility index (Phi) is 3.12. The molecule has 17 heavy (non-hydrogen) atoms. The van der Waals surface area contributed by atoms with Crippen LogP contribution in [0.1, 0.15) is 13.0 Å². The van der Waals surface area contributed by atoms with Crippen LogP contribution in [0.5, 0.6) is 0 Å². The third-order valence-corrected chi connectivity index (χ3v) is 3.61. The molecule has 0 amide bonds. The first-order chi connectivity index (χ1) is 8.06. The van der Waals surface area contributed by atoms with Crippen LogP contribution in [0.2, 0.25) is 0 Å². The lowest BCUT2D eigenvalue weighted by atomic mass is 10.3. The van der Waals surface area contributed by atoms with E-state index >= 15 is 0 Å². The van der Waals surface area contributed by atoms with Gasteiger partial charge in [0, 0.05) is 0 Å². The maximum Gasteiger partial charge on any atom is 0.328 e. The number of H-pyrrole nitrogens is 1. The molecule has 0 aliphatic rings. The lowest BCUT2D eigenvalue weighted by Gasteiger charge is -2.12. The first-order valence-corrected chi connectivity index (χ1v) is 6.15. The fourth-order valence-corrected chi connectivity index (χ4v) is 2.77. The van der Waals surface area contributed by atoms with Crippen molar-refractivity contribution in [3.8, 4) is 0 Å². The Morgan fingerprint density at radius 3 is 3.00 bits per heavy atom. The second-order valence-corrected chi connectivity index (χ2v) is 4.77. The highest BCUT2D eigenvalue weighted by molar-refractivity contribution is 7.71. The average Bonchev–Trinajstić information content (AvgIpc) is 2.75. The first kappa shape index (κ1) is 12.0. The second kappa shape index (κ2) is 4.42. The van der Waals surface area contributed by atoms with Crippen molar-refractivity contribution in [2.24, 2.45) is 0 Å². The molecule has 2 aromatic rings. The van der Waals surface area contributed by atoms with Gasteiger partial charge in [-0.25, -0.2) is 4.79 Å². The van der Waals surface area contributed by atoms with E-state index in [1.54, 1.807) is 18.4 Å². The number of nitrogens with one attached hydrogen (secondary N) is 1. The van der Waals surface area contributed by atoms with Crippen LogP contribution in [0.4, 0.5) is 0 Å². The third kappa shape index (κ3) is 1.91. The molecule has 0 radical (unpaired) electrons. The van der Waals surface area contributed by atoms with Crippen molar-refractivity contribution in [1.29, 1.82) is 0 Å². The van der Waals surface area contributed by atoms with Gasteiger partial charge in [-0.15, -0.1) is 11.3 Å². The molecule has 5 nitrogen and oxygen atoms in total. The minimum Gasteiger partial charge on any atom is -0.467 e. The highest BCUT2D eigenvalue weighted by Gasteiger charge is 2.19. The van der Waals surface area contributed by atoms with Crippen LogP contribution in [-0.2, 0) is 9.53 Å². The van der Waals surface area contributed by atoms with Crippen molar-refractivity contribution in [3.05, 3.63) is 26.6 Å². The molecule has 7 heteroatoms. The number of aromatic nitrogens is 2. The molecule has 1 atom stereocenters. The minimum atomic E-state index is -0.736.